The van der Waals surface area contributed by atoms with Gasteiger partial charge in [-0.05, 0) is 60.2 Å². The standard InChI is InChI=1S/C32H34ClN3O4/c33-27-11-10-26-21-35(31(37)18-24-7-12-29-30(17-24)40-22-39-29)16-15-34(20-23-5-2-1-3-6-23)13-4-14-36(28(26)19-27)32(38)25-8-9-25/h1-3,5-7,10-12,17,19,25H,4,8-9,13-16,18,20-22H2. The monoisotopic (exact) mass is 559 g/mol. The van der Waals surface area contributed by atoms with Crippen LogP contribution in [0.1, 0.15) is 36.0 Å². The molecule has 40 heavy (non-hydrogen) atoms. The second-order valence-corrected chi connectivity index (χ2v) is 11.3. The molecule has 0 aromatic heterocycles. The number of nitrogens with zero attached hydrogens (tertiary/aromatic N) is 3. The number of hydrogen-bond donors (Lipinski definition) is 0. The van der Waals surface area contributed by atoms with Crippen LogP contribution in [0.25, 0.3) is 0 Å². The minimum atomic E-state index is 0.0266. The van der Waals surface area contributed by atoms with Gasteiger partial charge in [0.1, 0.15) is 0 Å². The Labute approximate surface area is 240 Å². The number of ether oxygens (including phenoxy) is 2. The predicted molar refractivity (Wildman–Crippen MR) is 155 cm³/mol. The zero-order chi connectivity index (χ0) is 27.5. The molecule has 0 bridgehead atoms. The molecule has 1 fully saturated rings. The molecule has 8 heteroatoms. The Bertz CT molecular complexity index is 1380. The first-order chi connectivity index (χ1) is 19.5. The molecular weight excluding hydrogens is 526 g/mol. The molecule has 2 amide bonds. The van der Waals surface area contributed by atoms with Gasteiger partial charge in [-0.1, -0.05) is 54.1 Å². The minimum absolute atomic E-state index is 0.0266. The van der Waals surface area contributed by atoms with Gasteiger partial charge in [0, 0.05) is 50.2 Å². The summed E-state index contributed by atoms with van der Waals surface area (Å²) in [5.74, 6) is 1.65. The molecule has 0 saturated heterocycles. The van der Waals surface area contributed by atoms with E-state index in [9.17, 15) is 9.59 Å². The van der Waals surface area contributed by atoms with Crippen molar-refractivity contribution in [2.24, 2.45) is 5.92 Å². The number of carbonyl (C=O) groups is 2. The van der Waals surface area contributed by atoms with Crippen LogP contribution >= 0.6 is 11.6 Å². The summed E-state index contributed by atoms with van der Waals surface area (Å²) in [6.07, 6.45) is 2.96. The molecule has 2 aliphatic heterocycles. The van der Waals surface area contributed by atoms with Crippen molar-refractivity contribution in [3.8, 4) is 11.5 Å². The molecular formula is C32H34ClN3O4. The predicted octanol–water partition coefficient (Wildman–Crippen LogP) is 5.29. The number of amides is 2. The quantitative estimate of drug-likeness (QED) is 0.425. The van der Waals surface area contributed by atoms with E-state index in [-0.39, 0.29) is 30.9 Å². The van der Waals surface area contributed by atoms with Crippen molar-refractivity contribution >= 4 is 29.1 Å². The van der Waals surface area contributed by atoms with Crippen molar-refractivity contribution in [1.29, 1.82) is 0 Å². The normalized spacial score (nSPS) is 17.7. The average molecular weight is 560 g/mol. The third-order valence-electron chi connectivity index (χ3n) is 7.83. The molecule has 0 spiro atoms. The number of benzene rings is 3. The summed E-state index contributed by atoms with van der Waals surface area (Å²) in [4.78, 5) is 33.5. The van der Waals surface area contributed by atoms with Gasteiger partial charge in [0.05, 0.1) is 12.1 Å². The number of rotatable bonds is 5. The highest BCUT2D eigenvalue weighted by Gasteiger charge is 2.35. The zero-order valence-corrected chi connectivity index (χ0v) is 23.3. The van der Waals surface area contributed by atoms with E-state index in [1.807, 2.05) is 52.3 Å². The highest BCUT2D eigenvalue weighted by molar-refractivity contribution is 6.31. The first-order valence-electron chi connectivity index (χ1n) is 14.1. The number of carbonyl (C=O) groups excluding carboxylic acids is 2. The highest BCUT2D eigenvalue weighted by atomic mass is 35.5. The molecule has 208 valence electrons. The molecule has 1 saturated carbocycles. The molecule has 0 atom stereocenters. The van der Waals surface area contributed by atoms with Crippen LogP contribution in [0.2, 0.25) is 5.02 Å². The third-order valence-corrected chi connectivity index (χ3v) is 8.06. The minimum Gasteiger partial charge on any atom is -0.454 e. The number of hydrogen-bond acceptors (Lipinski definition) is 5. The number of fused-ring (bicyclic) bond motifs is 2. The molecule has 7 nitrogen and oxygen atoms in total. The summed E-state index contributed by atoms with van der Waals surface area (Å²) in [5.41, 5.74) is 3.87. The smallest absolute Gasteiger partial charge is 0.231 e. The molecule has 2 heterocycles. The molecule has 1 aliphatic carbocycles. The topological polar surface area (TPSA) is 62.3 Å². The van der Waals surface area contributed by atoms with Gasteiger partial charge in [-0.3, -0.25) is 14.5 Å². The Morgan fingerprint density at radius 1 is 0.850 bits per heavy atom. The van der Waals surface area contributed by atoms with Crippen molar-refractivity contribution in [2.75, 3.05) is 37.9 Å². The lowest BCUT2D eigenvalue weighted by molar-refractivity contribution is -0.131. The number of anilines is 1. The van der Waals surface area contributed by atoms with Crippen molar-refractivity contribution in [1.82, 2.24) is 9.80 Å². The van der Waals surface area contributed by atoms with Crippen LogP contribution < -0.4 is 14.4 Å². The molecule has 0 unspecified atom stereocenters. The molecule has 6 rings (SSSR count). The van der Waals surface area contributed by atoms with Crippen LogP contribution in [0.15, 0.2) is 66.7 Å². The lowest BCUT2D eigenvalue weighted by Crippen LogP contribution is -2.39. The average Bonchev–Trinajstić information content (AvgIpc) is 3.71. The second kappa shape index (κ2) is 11.9. The van der Waals surface area contributed by atoms with E-state index in [2.05, 4.69) is 29.2 Å². The van der Waals surface area contributed by atoms with Crippen LogP contribution in [0.3, 0.4) is 0 Å². The maximum atomic E-state index is 13.8. The summed E-state index contributed by atoms with van der Waals surface area (Å²) >= 11 is 6.46. The van der Waals surface area contributed by atoms with Gasteiger partial charge in [-0.2, -0.15) is 0 Å². The summed E-state index contributed by atoms with van der Waals surface area (Å²) in [7, 11) is 0. The van der Waals surface area contributed by atoms with Gasteiger partial charge in [0.15, 0.2) is 11.5 Å². The van der Waals surface area contributed by atoms with Crippen molar-refractivity contribution in [3.63, 3.8) is 0 Å². The fraction of sp³-hybridized carbons (Fsp3) is 0.375. The molecule has 3 aromatic rings. The summed E-state index contributed by atoms with van der Waals surface area (Å²) in [6.45, 7) is 4.16. The maximum absolute atomic E-state index is 13.8. The van der Waals surface area contributed by atoms with Crippen LogP contribution in [0.4, 0.5) is 5.69 Å². The highest BCUT2D eigenvalue weighted by Crippen LogP contribution is 2.36. The lowest BCUT2D eigenvalue weighted by Gasteiger charge is -2.28. The van der Waals surface area contributed by atoms with Crippen molar-refractivity contribution in [2.45, 2.75) is 38.8 Å². The fourth-order valence-corrected chi connectivity index (χ4v) is 5.65. The third kappa shape index (κ3) is 6.26. The van der Waals surface area contributed by atoms with E-state index in [0.29, 0.717) is 36.2 Å². The van der Waals surface area contributed by atoms with Gasteiger partial charge in [0.25, 0.3) is 0 Å². The Hall–Kier alpha value is -3.55. The van der Waals surface area contributed by atoms with Gasteiger partial charge < -0.3 is 19.3 Å². The summed E-state index contributed by atoms with van der Waals surface area (Å²) in [5, 5.41) is 0.589. The Kier molecular flexibility index (Phi) is 7.93. The van der Waals surface area contributed by atoms with Crippen LogP contribution in [0.5, 0.6) is 11.5 Å². The number of halogens is 1. The van der Waals surface area contributed by atoms with Gasteiger partial charge in [-0.15, -0.1) is 0 Å². The van der Waals surface area contributed by atoms with E-state index in [4.69, 9.17) is 21.1 Å². The van der Waals surface area contributed by atoms with Gasteiger partial charge in [-0.25, -0.2) is 0 Å². The largest absolute Gasteiger partial charge is 0.454 e. The maximum Gasteiger partial charge on any atom is 0.231 e. The Morgan fingerprint density at radius 3 is 2.50 bits per heavy atom. The van der Waals surface area contributed by atoms with Crippen LogP contribution in [0, 0.1) is 5.92 Å². The van der Waals surface area contributed by atoms with Crippen molar-refractivity contribution < 1.29 is 19.1 Å². The van der Waals surface area contributed by atoms with Crippen LogP contribution in [-0.4, -0.2) is 54.6 Å². The van der Waals surface area contributed by atoms with E-state index >= 15 is 0 Å². The SMILES string of the molecule is O=C(Cc1ccc2c(c1)OCO2)N1CCN(Cc2ccccc2)CCCN(C(=O)C2CC2)c2cc(Cl)ccc2C1. The Morgan fingerprint density at radius 2 is 1.68 bits per heavy atom. The first kappa shape index (κ1) is 26.7. The molecule has 0 N–H and O–H groups in total. The van der Waals surface area contributed by atoms with E-state index < -0.39 is 0 Å². The molecule has 3 aromatic carbocycles. The molecule has 3 aliphatic rings. The van der Waals surface area contributed by atoms with Crippen LogP contribution in [-0.2, 0) is 29.1 Å². The summed E-state index contributed by atoms with van der Waals surface area (Å²) in [6, 6.07) is 21.8. The first-order valence-corrected chi connectivity index (χ1v) is 14.4. The zero-order valence-electron chi connectivity index (χ0n) is 22.6. The fourth-order valence-electron chi connectivity index (χ4n) is 5.48. The second-order valence-electron chi connectivity index (χ2n) is 10.8. The van der Waals surface area contributed by atoms with Crippen molar-refractivity contribution in [3.05, 3.63) is 88.4 Å². The molecule has 0 radical (unpaired) electrons. The van der Waals surface area contributed by atoms with E-state index in [1.165, 1.54) is 5.56 Å². The lowest BCUT2D eigenvalue weighted by atomic mass is 10.1. The van der Waals surface area contributed by atoms with E-state index in [1.54, 1.807) is 0 Å². The summed E-state index contributed by atoms with van der Waals surface area (Å²) < 4.78 is 11.0. The van der Waals surface area contributed by atoms with Gasteiger partial charge >= 0.3 is 0 Å². The van der Waals surface area contributed by atoms with Gasteiger partial charge in [0.2, 0.25) is 18.6 Å². The Balaban J connectivity index is 1.29. The van der Waals surface area contributed by atoms with E-state index in [0.717, 1.165) is 55.7 Å².